The third-order valence-corrected chi connectivity index (χ3v) is 4.62. The Labute approximate surface area is 134 Å². The van der Waals surface area contributed by atoms with Crippen molar-refractivity contribution in [2.45, 2.75) is 31.8 Å². The molecule has 0 atom stereocenters. The van der Waals surface area contributed by atoms with E-state index in [4.69, 9.17) is 0 Å². The molecule has 1 N–H and O–H groups in total. The van der Waals surface area contributed by atoms with Crippen LogP contribution in [0.3, 0.4) is 0 Å². The Morgan fingerprint density at radius 2 is 1.83 bits per heavy atom. The van der Waals surface area contributed by atoms with Crippen LogP contribution in [0.4, 0.5) is 11.4 Å². The number of carbonyl (C=O) groups excluding carboxylic acids is 1. The molecule has 2 heterocycles. The molecule has 3 rings (SSSR count). The topological polar surface area (TPSA) is 86.9 Å². The molecule has 0 saturated carbocycles. The van der Waals surface area contributed by atoms with Gasteiger partial charge in [0, 0.05) is 38.3 Å². The van der Waals surface area contributed by atoms with Crippen molar-refractivity contribution in [1.29, 1.82) is 0 Å². The van der Waals surface area contributed by atoms with E-state index in [0.29, 0.717) is 31.5 Å². The molecule has 7 nitrogen and oxygen atoms in total. The molecule has 1 aromatic rings. The minimum atomic E-state index is -0.468. The van der Waals surface area contributed by atoms with Gasteiger partial charge in [-0.15, -0.1) is 0 Å². The van der Waals surface area contributed by atoms with E-state index in [2.05, 4.69) is 4.90 Å². The number of rotatable bonds is 3. The van der Waals surface area contributed by atoms with Crippen molar-refractivity contribution in [2.75, 3.05) is 31.1 Å². The van der Waals surface area contributed by atoms with Gasteiger partial charge in [-0.05, 0) is 31.7 Å². The zero-order chi connectivity index (χ0) is 16.4. The second-order valence-electron chi connectivity index (χ2n) is 6.18. The van der Waals surface area contributed by atoms with Crippen LogP contribution in [0.2, 0.25) is 0 Å². The van der Waals surface area contributed by atoms with E-state index in [1.165, 1.54) is 12.1 Å². The van der Waals surface area contributed by atoms with E-state index >= 15 is 0 Å². The number of nitro benzene ring substituents is 1. The Morgan fingerprint density at radius 3 is 2.43 bits per heavy atom. The largest absolute Gasteiger partial charge is 0.393 e. The van der Waals surface area contributed by atoms with Gasteiger partial charge in [0.15, 0.2) is 0 Å². The van der Waals surface area contributed by atoms with Crippen molar-refractivity contribution in [3.63, 3.8) is 0 Å². The van der Waals surface area contributed by atoms with E-state index in [1.807, 2.05) is 0 Å². The van der Waals surface area contributed by atoms with Crippen LogP contribution in [0.25, 0.3) is 0 Å². The number of hydrogen-bond acceptors (Lipinski definition) is 5. The summed E-state index contributed by atoms with van der Waals surface area (Å²) in [4.78, 5) is 27.3. The lowest BCUT2D eigenvalue weighted by Crippen LogP contribution is -2.40. The molecule has 1 aromatic carbocycles. The molecule has 0 unspecified atom stereocenters. The number of anilines is 1. The van der Waals surface area contributed by atoms with Crippen LogP contribution in [0.5, 0.6) is 0 Å². The van der Waals surface area contributed by atoms with Gasteiger partial charge in [0.1, 0.15) is 0 Å². The fourth-order valence-corrected chi connectivity index (χ4v) is 3.28. The summed E-state index contributed by atoms with van der Waals surface area (Å²) in [5, 5.41) is 20.6. The summed E-state index contributed by atoms with van der Waals surface area (Å²) in [7, 11) is 0. The highest BCUT2D eigenvalue weighted by Crippen LogP contribution is 2.30. The molecule has 0 aromatic heterocycles. The highest BCUT2D eigenvalue weighted by atomic mass is 16.6. The Hall–Kier alpha value is -2.15. The Balaban J connectivity index is 1.92. The number of nitro groups is 1. The first-order valence-electron chi connectivity index (χ1n) is 8.07. The van der Waals surface area contributed by atoms with E-state index in [9.17, 15) is 20.0 Å². The summed E-state index contributed by atoms with van der Waals surface area (Å²) in [5.74, 6) is -0.178. The number of benzene rings is 1. The molecule has 0 spiro atoms. The maximum Gasteiger partial charge on any atom is 0.270 e. The highest BCUT2D eigenvalue weighted by molar-refractivity contribution is 6.00. The van der Waals surface area contributed by atoms with Gasteiger partial charge in [0.2, 0.25) is 0 Å². The fraction of sp³-hybridized carbons (Fsp3) is 0.562. The van der Waals surface area contributed by atoms with Gasteiger partial charge < -0.3 is 14.9 Å². The molecular formula is C16H21N3O4. The molecule has 2 fully saturated rings. The number of aliphatic hydroxyl groups excluding tert-OH is 1. The van der Waals surface area contributed by atoms with Gasteiger partial charge >= 0.3 is 0 Å². The lowest BCUT2D eigenvalue weighted by molar-refractivity contribution is -0.384. The van der Waals surface area contributed by atoms with Crippen molar-refractivity contribution < 1.29 is 14.8 Å². The lowest BCUT2D eigenvalue weighted by atomic mass is 10.0. The monoisotopic (exact) mass is 319 g/mol. The van der Waals surface area contributed by atoms with Crippen LogP contribution in [-0.4, -0.2) is 53.1 Å². The number of carbonyl (C=O) groups is 1. The van der Waals surface area contributed by atoms with Gasteiger partial charge in [-0.25, -0.2) is 0 Å². The van der Waals surface area contributed by atoms with Crippen LogP contribution < -0.4 is 4.90 Å². The summed E-state index contributed by atoms with van der Waals surface area (Å²) in [6.07, 6.45) is 2.89. The number of aliphatic hydroxyl groups is 1. The molecule has 0 aliphatic carbocycles. The van der Waals surface area contributed by atoms with Crippen LogP contribution in [0.15, 0.2) is 18.2 Å². The third-order valence-electron chi connectivity index (χ3n) is 4.62. The van der Waals surface area contributed by atoms with Crippen molar-refractivity contribution in [3.05, 3.63) is 33.9 Å². The van der Waals surface area contributed by atoms with Crippen molar-refractivity contribution in [3.8, 4) is 0 Å². The van der Waals surface area contributed by atoms with E-state index < -0.39 is 4.92 Å². The van der Waals surface area contributed by atoms with Gasteiger partial charge in [-0.1, -0.05) is 0 Å². The quantitative estimate of drug-likeness (QED) is 0.678. The molecule has 0 bridgehead atoms. The second-order valence-corrected chi connectivity index (χ2v) is 6.18. The molecule has 0 radical (unpaired) electrons. The van der Waals surface area contributed by atoms with Crippen molar-refractivity contribution in [2.24, 2.45) is 0 Å². The first-order valence-corrected chi connectivity index (χ1v) is 8.07. The minimum Gasteiger partial charge on any atom is -0.393 e. The van der Waals surface area contributed by atoms with Gasteiger partial charge in [0.05, 0.1) is 22.3 Å². The van der Waals surface area contributed by atoms with Crippen LogP contribution in [-0.2, 0) is 0 Å². The maximum absolute atomic E-state index is 12.9. The number of hydrogen-bond donors (Lipinski definition) is 1. The summed E-state index contributed by atoms with van der Waals surface area (Å²) in [5.41, 5.74) is 1.12. The number of nitrogens with zero attached hydrogens (tertiary/aromatic N) is 3. The molecule has 1 amide bonds. The summed E-state index contributed by atoms with van der Waals surface area (Å²) >= 11 is 0. The van der Waals surface area contributed by atoms with Crippen LogP contribution in [0, 0.1) is 10.1 Å². The van der Waals surface area contributed by atoms with E-state index in [-0.39, 0.29) is 17.7 Å². The fourth-order valence-electron chi connectivity index (χ4n) is 3.28. The van der Waals surface area contributed by atoms with Crippen LogP contribution >= 0.6 is 0 Å². The number of likely N-dealkylation sites (tertiary alicyclic amines) is 1. The smallest absolute Gasteiger partial charge is 0.270 e. The van der Waals surface area contributed by atoms with Gasteiger partial charge in [0.25, 0.3) is 11.6 Å². The molecular weight excluding hydrogens is 298 g/mol. The number of piperidine rings is 1. The zero-order valence-electron chi connectivity index (χ0n) is 13.0. The first kappa shape index (κ1) is 15.7. The molecule has 7 heteroatoms. The average Bonchev–Trinajstić information content (AvgIpc) is 3.08. The molecule has 124 valence electrons. The number of non-ortho nitro benzene ring substituents is 1. The average molecular weight is 319 g/mol. The highest BCUT2D eigenvalue weighted by Gasteiger charge is 2.28. The third kappa shape index (κ3) is 3.29. The Kier molecular flexibility index (Phi) is 4.47. The molecule has 23 heavy (non-hydrogen) atoms. The summed E-state index contributed by atoms with van der Waals surface area (Å²) in [6.45, 7) is 2.72. The summed E-state index contributed by atoms with van der Waals surface area (Å²) in [6, 6.07) is 4.54. The minimum absolute atomic E-state index is 0.0617. The normalized spacial score (nSPS) is 19.2. The zero-order valence-corrected chi connectivity index (χ0v) is 13.0. The van der Waals surface area contributed by atoms with Gasteiger partial charge in [-0.3, -0.25) is 14.9 Å². The summed E-state index contributed by atoms with van der Waals surface area (Å²) < 4.78 is 0. The Morgan fingerprint density at radius 1 is 1.17 bits per heavy atom. The van der Waals surface area contributed by atoms with E-state index in [1.54, 1.807) is 11.0 Å². The standard InChI is InChI=1S/C16H21N3O4/c20-13-5-9-18(10-6-13)16(21)14-11-12(19(22)23)3-4-15(14)17-7-1-2-8-17/h3-4,11,13,20H,1-2,5-10H2. The molecule has 2 aliphatic rings. The predicted octanol–water partition coefficient (Wildman–Crippen LogP) is 1.79. The first-order chi connectivity index (χ1) is 11.1. The SMILES string of the molecule is O=C(c1cc([N+](=O)[O-])ccc1N1CCCC1)N1CCC(O)CC1. The van der Waals surface area contributed by atoms with E-state index in [0.717, 1.165) is 31.6 Å². The molecule has 2 aliphatic heterocycles. The van der Waals surface area contributed by atoms with Gasteiger partial charge in [-0.2, -0.15) is 0 Å². The Bertz CT molecular complexity index is 605. The molecule has 2 saturated heterocycles. The number of amides is 1. The predicted molar refractivity (Wildman–Crippen MR) is 85.7 cm³/mol. The maximum atomic E-state index is 12.9. The van der Waals surface area contributed by atoms with Crippen molar-refractivity contribution in [1.82, 2.24) is 4.90 Å². The lowest BCUT2D eigenvalue weighted by Gasteiger charge is -2.31. The van der Waals surface area contributed by atoms with Crippen LogP contribution in [0.1, 0.15) is 36.0 Å². The second kappa shape index (κ2) is 6.54. The van der Waals surface area contributed by atoms with Crippen molar-refractivity contribution >= 4 is 17.3 Å².